The third-order valence-corrected chi connectivity index (χ3v) is 1.80. The fourth-order valence-electron chi connectivity index (χ4n) is 1.24. The van der Waals surface area contributed by atoms with Crippen molar-refractivity contribution in [3.63, 3.8) is 0 Å². The molecule has 15 heavy (non-hydrogen) atoms. The third-order valence-electron chi connectivity index (χ3n) is 1.80. The largest absolute Gasteiger partial charge is 0.403 e. The van der Waals surface area contributed by atoms with Gasteiger partial charge in [0.15, 0.2) is 5.92 Å². The lowest BCUT2D eigenvalue weighted by Gasteiger charge is -2.28. The molecule has 7 heteroatoms. The van der Waals surface area contributed by atoms with Gasteiger partial charge in [-0.2, -0.15) is 26.3 Å². The number of aliphatic hydroxyl groups is 1. The lowest BCUT2D eigenvalue weighted by atomic mass is 9.93. The number of halogens is 6. The molecule has 0 aliphatic heterocycles. The summed E-state index contributed by atoms with van der Waals surface area (Å²) in [6.45, 7) is 2.88. The lowest BCUT2D eigenvalue weighted by molar-refractivity contribution is -0.307. The smallest absolute Gasteiger partial charge is 0.392 e. The van der Waals surface area contributed by atoms with Gasteiger partial charge in [-0.25, -0.2) is 0 Å². The molecule has 0 radical (unpaired) electrons. The van der Waals surface area contributed by atoms with E-state index in [0.29, 0.717) is 0 Å². The van der Waals surface area contributed by atoms with Crippen molar-refractivity contribution < 1.29 is 31.4 Å². The molecule has 0 bridgehead atoms. The third kappa shape index (κ3) is 4.72. The second-order valence-corrected chi connectivity index (χ2v) is 3.76. The highest BCUT2D eigenvalue weighted by atomic mass is 19.4. The van der Waals surface area contributed by atoms with E-state index in [2.05, 4.69) is 0 Å². The Kier molecular flexibility index (Phi) is 4.45. The van der Waals surface area contributed by atoms with Crippen LogP contribution in [-0.4, -0.2) is 23.6 Å². The number of hydrogen-bond donors (Lipinski definition) is 1. The lowest BCUT2D eigenvalue weighted by Crippen LogP contribution is -2.45. The van der Waals surface area contributed by atoms with Crippen LogP contribution in [-0.2, 0) is 0 Å². The Morgan fingerprint density at radius 2 is 1.27 bits per heavy atom. The van der Waals surface area contributed by atoms with E-state index in [9.17, 15) is 26.3 Å². The second kappa shape index (κ2) is 4.59. The van der Waals surface area contributed by atoms with Gasteiger partial charge in [-0.05, 0) is 12.3 Å². The molecule has 0 aliphatic carbocycles. The first-order valence-electron chi connectivity index (χ1n) is 4.27. The number of alkyl halides is 6. The molecule has 0 saturated heterocycles. The maximum absolute atomic E-state index is 12.0. The van der Waals surface area contributed by atoms with Crippen molar-refractivity contribution in [3.05, 3.63) is 0 Å². The minimum absolute atomic E-state index is 0.438. The van der Waals surface area contributed by atoms with Crippen LogP contribution in [0.2, 0.25) is 0 Å². The van der Waals surface area contributed by atoms with Crippen LogP contribution < -0.4 is 0 Å². The molecule has 1 N–H and O–H groups in total. The molecule has 1 nitrogen and oxygen atoms in total. The van der Waals surface area contributed by atoms with Crippen molar-refractivity contribution in [1.29, 1.82) is 0 Å². The van der Waals surface area contributed by atoms with Gasteiger partial charge in [0.2, 0.25) is 0 Å². The van der Waals surface area contributed by atoms with E-state index >= 15 is 0 Å². The Labute approximate surface area is 83.1 Å². The standard InChI is InChI=1S/C8H12F6O/c1-4(2)3-5(15)6(7(9,10)11)8(12,13)14/h4-6,15H,3H2,1-2H3. The number of aliphatic hydroxyl groups excluding tert-OH is 1. The summed E-state index contributed by atoms with van der Waals surface area (Å²) in [5.41, 5.74) is 0. The topological polar surface area (TPSA) is 20.2 Å². The highest BCUT2D eigenvalue weighted by Gasteiger charge is 2.59. The Balaban J connectivity index is 4.81. The number of hydrogen-bond acceptors (Lipinski definition) is 1. The molecule has 0 aliphatic rings. The SMILES string of the molecule is CC(C)CC(O)C(C(F)(F)F)C(F)(F)F. The van der Waals surface area contributed by atoms with Crippen LogP contribution in [0.3, 0.4) is 0 Å². The van der Waals surface area contributed by atoms with Gasteiger partial charge in [0, 0.05) is 0 Å². The molecule has 1 atom stereocenters. The van der Waals surface area contributed by atoms with E-state index in [0.717, 1.165) is 0 Å². The van der Waals surface area contributed by atoms with Crippen LogP contribution in [0, 0.1) is 11.8 Å². The normalized spacial score (nSPS) is 16.2. The van der Waals surface area contributed by atoms with Crippen LogP contribution in [0.25, 0.3) is 0 Å². The van der Waals surface area contributed by atoms with Gasteiger partial charge in [-0.15, -0.1) is 0 Å². The summed E-state index contributed by atoms with van der Waals surface area (Å²) in [6, 6.07) is 0. The summed E-state index contributed by atoms with van der Waals surface area (Å²) in [6.07, 6.45) is -13.9. The quantitative estimate of drug-likeness (QED) is 0.749. The first-order chi connectivity index (χ1) is 6.46. The number of rotatable bonds is 3. The van der Waals surface area contributed by atoms with Gasteiger partial charge in [0.25, 0.3) is 0 Å². The molecule has 0 rings (SSSR count). The van der Waals surface area contributed by atoms with Gasteiger partial charge in [0.1, 0.15) is 0 Å². The average Bonchev–Trinajstić information content (AvgIpc) is 1.74. The molecule has 0 aromatic rings. The Morgan fingerprint density at radius 1 is 0.933 bits per heavy atom. The fraction of sp³-hybridized carbons (Fsp3) is 1.00. The van der Waals surface area contributed by atoms with Gasteiger partial charge in [-0.1, -0.05) is 13.8 Å². The molecular formula is C8H12F6O. The molecule has 0 saturated carbocycles. The fourth-order valence-corrected chi connectivity index (χ4v) is 1.24. The molecule has 92 valence electrons. The first kappa shape index (κ1) is 14.5. The molecular weight excluding hydrogens is 226 g/mol. The second-order valence-electron chi connectivity index (χ2n) is 3.76. The summed E-state index contributed by atoms with van der Waals surface area (Å²) in [4.78, 5) is 0. The van der Waals surface area contributed by atoms with Crippen LogP contribution in [0.4, 0.5) is 26.3 Å². The van der Waals surface area contributed by atoms with Crippen LogP contribution in [0.5, 0.6) is 0 Å². The summed E-state index contributed by atoms with van der Waals surface area (Å²) in [5, 5.41) is 8.91. The van der Waals surface area contributed by atoms with Crippen LogP contribution in [0.1, 0.15) is 20.3 Å². The van der Waals surface area contributed by atoms with E-state index < -0.39 is 36.7 Å². The van der Waals surface area contributed by atoms with Crippen molar-refractivity contribution >= 4 is 0 Å². The van der Waals surface area contributed by atoms with Gasteiger partial charge in [0.05, 0.1) is 6.10 Å². The molecule has 0 spiro atoms. The van der Waals surface area contributed by atoms with Crippen molar-refractivity contribution in [3.8, 4) is 0 Å². The predicted molar refractivity (Wildman–Crippen MR) is 41.1 cm³/mol. The van der Waals surface area contributed by atoms with E-state index in [1.54, 1.807) is 0 Å². The average molecular weight is 238 g/mol. The van der Waals surface area contributed by atoms with E-state index in [1.165, 1.54) is 13.8 Å². The van der Waals surface area contributed by atoms with E-state index in [-0.39, 0.29) is 0 Å². The molecule has 0 heterocycles. The zero-order valence-electron chi connectivity index (χ0n) is 8.15. The van der Waals surface area contributed by atoms with Gasteiger partial charge >= 0.3 is 12.4 Å². The van der Waals surface area contributed by atoms with Gasteiger partial charge in [-0.3, -0.25) is 0 Å². The zero-order valence-corrected chi connectivity index (χ0v) is 8.15. The summed E-state index contributed by atoms with van der Waals surface area (Å²) >= 11 is 0. The van der Waals surface area contributed by atoms with Crippen molar-refractivity contribution in [1.82, 2.24) is 0 Å². The highest BCUT2D eigenvalue weighted by Crippen LogP contribution is 2.42. The monoisotopic (exact) mass is 238 g/mol. The van der Waals surface area contributed by atoms with Crippen LogP contribution >= 0.6 is 0 Å². The van der Waals surface area contributed by atoms with Crippen molar-refractivity contribution in [2.24, 2.45) is 11.8 Å². The summed E-state index contributed by atoms with van der Waals surface area (Å²) in [7, 11) is 0. The van der Waals surface area contributed by atoms with Gasteiger partial charge < -0.3 is 5.11 Å². The predicted octanol–water partition coefficient (Wildman–Crippen LogP) is 3.13. The van der Waals surface area contributed by atoms with Crippen LogP contribution in [0.15, 0.2) is 0 Å². The Hall–Kier alpha value is -0.460. The highest BCUT2D eigenvalue weighted by molar-refractivity contribution is 4.82. The van der Waals surface area contributed by atoms with E-state index in [1.807, 2.05) is 0 Å². The maximum atomic E-state index is 12.0. The molecule has 1 unspecified atom stereocenters. The summed E-state index contributed by atoms with van der Waals surface area (Å²) in [5.74, 6) is -4.10. The maximum Gasteiger partial charge on any atom is 0.403 e. The molecule has 0 aromatic carbocycles. The minimum Gasteiger partial charge on any atom is -0.392 e. The van der Waals surface area contributed by atoms with E-state index in [4.69, 9.17) is 5.11 Å². The molecule has 0 amide bonds. The van der Waals surface area contributed by atoms with Crippen molar-refractivity contribution in [2.75, 3.05) is 0 Å². The summed E-state index contributed by atoms with van der Waals surface area (Å²) < 4.78 is 72.2. The van der Waals surface area contributed by atoms with Crippen molar-refractivity contribution in [2.45, 2.75) is 38.7 Å². The zero-order chi connectivity index (χ0) is 12.4. The first-order valence-corrected chi connectivity index (χ1v) is 4.27. The Morgan fingerprint density at radius 3 is 1.47 bits per heavy atom. The minimum atomic E-state index is -5.47. The molecule has 0 fully saturated rings. The molecule has 0 aromatic heterocycles. The Bertz CT molecular complexity index is 180.